The highest BCUT2D eigenvalue weighted by Gasteiger charge is 2.30. The Balaban J connectivity index is 1.98. The molecular formula is C16H27N3O. The summed E-state index contributed by atoms with van der Waals surface area (Å²) in [6, 6.07) is 10.5. The molecule has 4 heteroatoms. The zero-order chi connectivity index (χ0) is 14.6. The molecule has 1 aliphatic heterocycles. The Morgan fingerprint density at radius 2 is 2.10 bits per heavy atom. The fraction of sp³-hybridized carbons (Fsp3) is 0.625. The lowest BCUT2D eigenvalue weighted by molar-refractivity contribution is 0.133. The summed E-state index contributed by atoms with van der Waals surface area (Å²) in [6.07, 6.45) is 2.53. The second kappa shape index (κ2) is 6.68. The van der Waals surface area contributed by atoms with Gasteiger partial charge in [-0.2, -0.15) is 0 Å². The zero-order valence-electron chi connectivity index (χ0n) is 12.6. The Bertz CT molecular complexity index is 411. The van der Waals surface area contributed by atoms with Gasteiger partial charge in [-0.05, 0) is 39.0 Å². The molecule has 0 saturated carbocycles. The molecule has 1 aromatic rings. The predicted octanol–water partition coefficient (Wildman–Crippen LogP) is 0.859. The van der Waals surface area contributed by atoms with Gasteiger partial charge < -0.3 is 20.6 Å². The molecule has 0 bridgehead atoms. The SMILES string of the molecule is CN(CC1CCCN1C)CC(N)(CO)c1ccccc1. The first-order valence-corrected chi connectivity index (χ1v) is 7.39. The molecule has 2 unspecified atom stereocenters. The minimum Gasteiger partial charge on any atom is -0.394 e. The highest BCUT2D eigenvalue weighted by Crippen LogP contribution is 2.20. The topological polar surface area (TPSA) is 52.7 Å². The molecule has 1 heterocycles. The van der Waals surface area contributed by atoms with Gasteiger partial charge in [0, 0.05) is 19.1 Å². The van der Waals surface area contributed by atoms with Crippen molar-refractivity contribution in [3.8, 4) is 0 Å². The summed E-state index contributed by atoms with van der Waals surface area (Å²) in [7, 11) is 4.27. The number of benzene rings is 1. The van der Waals surface area contributed by atoms with Gasteiger partial charge in [-0.25, -0.2) is 0 Å². The van der Waals surface area contributed by atoms with Crippen molar-refractivity contribution in [3.05, 3.63) is 35.9 Å². The molecule has 1 saturated heterocycles. The van der Waals surface area contributed by atoms with Gasteiger partial charge in [-0.1, -0.05) is 30.3 Å². The van der Waals surface area contributed by atoms with Crippen LogP contribution in [0, 0.1) is 0 Å². The first kappa shape index (κ1) is 15.4. The maximum absolute atomic E-state index is 9.74. The Morgan fingerprint density at radius 1 is 1.40 bits per heavy atom. The third-order valence-electron chi connectivity index (χ3n) is 4.38. The van der Waals surface area contributed by atoms with E-state index in [1.54, 1.807) is 0 Å². The van der Waals surface area contributed by atoms with Crippen molar-refractivity contribution < 1.29 is 5.11 Å². The van der Waals surface area contributed by atoms with Crippen molar-refractivity contribution in [3.63, 3.8) is 0 Å². The molecule has 112 valence electrons. The van der Waals surface area contributed by atoms with Crippen molar-refractivity contribution in [2.75, 3.05) is 40.3 Å². The van der Waals surface area contributed by atoms with Crippen LogP contribution < -0.4 is 5.73 Å². The predicted molar refractivity (Wildman–Crippen MR) is 82.5 cm³/mol. The summed E-state index contributed by atoms with van der Waals surface area (Å²) in [4.78, 5) is 4.66. The van der Waals surface area contributed by atoms with Crippen LogP contribution in [0.5, 0.6) is 0 Å². The van der Waals surface area contributed by atoms with Crippen molar-refractivity contribution in [2.24, 2.45) is 5.73 Å². The Kier molecular flexibility index (Phi) is 5.16. The lowest BCUT2D eigenvalue weighted by Crippen LogP contribution is -2.51. The van der Waals surface area contributed by atoms with Crippen molar-refractivity contribution in [2.45, 2.75) is 24.4 Å². The van der Waals surface area contributed by atoms with Gasteiger partial charge in [-0.3, -0.25) is 0 Å². The molecule has 0 spiro atoms. The molecule has 0 radical (unpaired) electrons. The number of likely N-dealkylation sites (tertiary alicyclic amines) is 1. The van der Waals surface area contributed by atoms with E-state index in [-0.39, 0.29) is 6.61 Å². The molecule has 1 aliphatic rings. The lowest BCUT2D eigenvalue weighted by Gasteiger charge is -2.34. The molecule has 2 rings (SSSR count). The Morgan fingerprint density at radius 3 is 2.65 bits per heavy atom. The minimum atomic E-state index is -0.687. The quantitative estimate of drug-likeness (QED) is 0.810. The van der Waals surface area contributed by atoms with Gasteiger partial charge in [-0.15, -0.1) is 0 Å². The van der Waals surface area contributed by atoms with Gasteiger partial charge in [0.2, 0.25) is 0 Å². The van der Waals surface area contributed by atoms with Gasteiger partial charge in [0.05, 0.1) is 12.1 Å². The van der Waals surface area contributed by atoms with E-state index in [0.29, 0.717) is 12.6 Å². The summed E-state index contributed by atoms with van der Waals surface area (Å²) < 4.78 is 0. The first-order chi connectivity index (χ1) is 9.55. The van der Waals surface area contributed by atoms with E-state index < -0.39 is 5.54 Å². The van der Waals surface area contributed by atoms with E-state index in [9.17, 15) is 5.11 Å². The number of nitrogens with zero attached hydrogens (tertiary/aromatic N) is 2. The standard InChI is InChI=1S/C16H27N3O/c1-18(11-15-9-6-10-19(15)2)12-16(17,13-20)14-7-4-3-5-8-14/h3-5,7-8,15,20H,6,9-13,17H2,1-2H3. The molecule has 2 atom stereocenters. The molecule has 0 aromatic heterocycles. The molecule has 20 heavy (non-hydrogen) atoms. The van der Waals surface area contributed by atoms with Crippen LogP contribution in [-0.4, -0.2) is 61.3 Å². The van der Waals surface area contributed by atoms with Gasteiger partial charge >= 0.3 is 0 Å². The second-order valence-electron chi connectivity index (χ2n) is 6.15. The number of aliphatic hydroxyl groups excluding tert-OH is 1. The molecule has 3 N–H and O–H groups in total. The molecule has 1 fully saturated rings. The Labute approximate surface area is 122 Å². The molecule has 4 nitrogen and oxygen atoms in total. The van der Waals surface area contributed by atoms with Crippen LogP contribution in [0.15, 0.2) is 30.3 Å². The van der Waals surface area contributed by atoms with Crippen LogP contribution in [0.25, 0.3) is 0 Å². The van der Waals surface area contributed by atoms with Crippen LogP contribution in [-0.2, 0) is 5.54 Å². The van der Waals surface area contributed by atoms with Crippen molar-refractivity contribution >= 4 is 0 Å². The minimum absolute atomic E-state index is 0.0398. The summed E-state index contributed by atoms with van der Waals surface area (Å²) in [5, 5.41) is 9.74. The molecule has 0 amide bonds. The third kappa shape index (κ3) is 3.58. The van der Waals surface area contributed by atoms with Crippen LogP contribution in [0.2, 0.25) is 0 Å². The van der Waals surface area contributed by atoms with Gasteiger partial charge in [0.1, 0.15) is 0 Å². The summed E-state index contributed by atoms with van der Waals surface area (Å²) >= 11 is 0. The number of hydrogen-bond donors (Lipinski definition) is 2. The van der Waals surface area contributed by atoms with Crippen molar-refractivity contribution in [1.29, 1.82) is 0 Å². The van der Waals surface area contributed by atoms with Gasteiger partial charge in [0.15, 0.2) is 0 Å². The van der Waals surface area contributed by atoms with Crippen LogP contribution in [0.3, 0.4) is 0 Å². The Hall–Kier alpha value is -0.940. The van der Waals surface area contributed by atoms with E-state index >= 15 is 0 Å². The van der Waals surface area contributed by atoms with Crippen LogP contribution in [0.4, 0.5) is 0 Å². The monoisotopic (exact) mass is 277 g/mol. The average Bonchev–Trinajstić information content (AvgIpc) is 2.85. The van der Waals surface area contributed by atoms with Crippen LogP contribution in [0.1, 0.15) is 18.4 Å². The smallest absolute Gasteiger partial charge is 0.0772 e. The summed E-state index contributed by atoms with van der Waals surface area (Å²) in [5.74, 6) is 0. The maximum Gasteiger partial charge on any atom is 0.0772 e. The molecular weight excluding hydrogens is 250 g/mol. The average molecular weight is 277 g/mol. The highest BCUT2D eigenvalue weighted by molar-refractivity contribution is 5.24. The first-order valence-electron chi connectivity index (χ1n) is 7.39. The van der Waals surface area contributed by atoms with E-state index in [0.717, 1.165) is 12.1 Å². The third-order valence-corrected chi connectivity index (χ3v) is 4.38. The van der Waals surface area contributed by atoms with Crippen molar-refractivity contribution in [1.82, 2.24) is 9.80 Å². The molecule has 0 aliphatic carbocycles. The maximum atomic E-state index is 9.74. The summed E-state index contributed by atoms with van der Waals surface area (Å²) in [5.41, 5.74) is 6.73. The lowest BCUT2D eigenvalue weighted by atomic mass is 9.91. The van der Waals surface area contributed by atoms with Gasteiger partial charge in [0.25, 0.3) is 0 Å². The summed E-state index contributed by atoms with van der Waals surface area (Å²) in [6.45, 7) is 2.81. The van der Waals surface area contributed by atoms with E-state index in [1.165, 1.54) is 19.4 Å². The molecule has 1 aromatic carbocycles. The number of hydrogen-bond acceptors (Lipinski definition) is 4. The fourth-order valence-corrected chi connectivity index (χ4v) is 3.12. The van der Waals surface area contributed by atoms with E-state index in [1.807, 2.05) is 30.3 Å². The number of likely N-dealkylation sites (N-methyl/N-ethyl adjacent to an activating group) is 2. The number of aliphatic hydroxyl groups is 1. The normalized spacial score (nSPS) is 23.1. The highest BCUT2D eigenvalue weighted by atomic mass is 16.3. The van der Waals surface area contributed by atoms with E-state index in [4.69, 9.17) is 5.73 Å². The van der Waals surface area contributed by atoms with E-state index in [2.05, 4.69) is 23.9 Å². The largest absolute Gasteiger partial charge is 0.394 e. The second-order valence-corrected chi connectivity index (χ2v) is 6.15. The number of rotatable bonds is 6. The number of nitrogens with two attached hydrogens (primary N) is 1. The zero-order valence-corrected chi connectivity index (χ0v) is 12.6. The fourth-order valence-electron chi connectivity index (χ4n) is 3.12. The van der Waals surface area contributed by atoms with Crippen LogP contribution >= 0.6 is 0 Å².